The Hall–Kier alpha value is -4.08. The van der Waals surface area contributed by atoms with Gasteiger partial charge in [0.2, 0.25) is 10.0 Å². The third-order valence-electron chi connectivity index (χ3n) is 7.49. The van der Waals surface area contributed by atoms with Gasteiger partial charge in [0.05, 0.1) is 22.7 Å². The molecule has 1 aliphatic rings. The quantitative estimate of drug-likeness (QED) is 0.223. The zero-order valence-corrected chi connectivity index (χ0v) is 25.5. The van der Waals surface area contributed by atoms with E-state index in [1.54, 1.807) is 54.7 Å². The average molecular weight is 635 g/mol. The highest BCUT2D eigenvalue weighted by Crippen LogP contribution is 2.39. The van der Waals surface area contributed by atoms with E-state index >= 15 is 4.39 Å². The van der Waals surface area contributed by atoms with Crippen LogP contribution in [-0.4, -0.2) is 66.5 Å². The molecular weight excluding hydrogens is 604 g/mol. The molecule has 0 saturated carbocycles. The largest absolute Gasteiger partial charge is 0.329 e. The minimum Gasteiger partial charge on any atom is -0.329 e. The van der Waals surface area contributed by atoms with E-state index in [0.29, 0.717) is 23.6 Å². The fraction of sp³-hybridized carbons (Fsp3) is 0.267. The monoisotopic (exact) mass is 634 g/mol. The number of nitrogens with zero attached hydrogens (tertiary/aromatic N) is 5. The summed E-state index contributed by atoms with van der Waals surface area (Å²) in [6.45, 7) is 1.74. The molecule has 1 fully saturated rings. The van der Waals surface area contributed by atoms with E-state index in [9.17, 15) is 13.2 Å². The Morgan fingerprint density at radius 1 is 1.18 bits per heavy atom. The number of thiophene rings is 1. The van der Waals surface area contributed by atoms with Gasteiger partial charge >= 0.3 is 0 Å². The molecule has 1 aliphatic heterocycles. The van der Waals surface area contributed by atoms with Gasteiger partial charge in [-0.1, -0.05) is 23.4 Å². The van der Waals surface area contributed by atoms with Gasteiger partial charge in [-0.15, -0.1) is 16.4 Å². The summed E-state index contributed by atoms with van der Waals surface area (Å²) in [7, 11) is -1.93. The fourth-order valence-electron chi connectivity index (χ4n) is 5.30. The lowest BCUT2D eigenvalue weighted by Gasteiger charge is -2.34. The molecule has 2 aromatic carbocycles. The molecule has 14 heteroatoms. The number of piperidine rings is 1. The van der Waals surface area contributed by atoms with Crippen LogP contribution >= 0.6 is 11.3 Å². The van der Waals surface area contributed by atoms with E-state index in [0.717, 1.165) is 39.9 Å². The number of nitrogens with two attached hydrogens (primary N) is 1. The summed E-state index contributed by atoms with van der Waals surface area (Å²) in [4.78, 5) is 21.5. The molecule has 0 radical (unpaired) electrons. The molecule has 11 nitrogen and oxygen atoms in total. The summed E-state index contributed by atoms with van der Waals surface area (Å²) in [6, 6.07) is 14.6. The molecule has 5 aromatic rings. The highest BCUT2D eigenvalue weighted by atomic mass is 32.2. The first-order valence-electron chi connectivity index (χ1n) is 14.1. The molecule has 0 bridgehead atoms. The minimum absolute atomic E-state index is 0.0579. The van der Waals surface area contributed by atoms with Crippen molar-refractivity contribution in [3.8, 4) is 21.7 Å². The van der Waals surface area contributed by atoms with Crippen LogP contribution in [-0.2, 0) is 17.1 Å². The highest BCUT2D eigenvalue weighted by molar-refractivity contribution is 7.89. The molecule has 0 unspecified atom stereocenters. The Balaban J connectivity index is 1.37. The Labute approximate surface area is 258 Å². The van der Waals surface area contributed by atoms with Gasteiger partial charge in [0.15, 0.2) is 0 Å². The van der Waals surface area contributed by atoms with Crippen molar-refractivity contribution in [2.45, 2.75) is 23.8 Å². The van der Waals surface area contributed by atoms with Crippen LogP contribution in [0.15, 0.2) is 71.9 Å². The normalized spacial score (nSPS) is 15.5. The van der Waals surface area contributed by atoms with Crippen LogP contribution in [0.2, 0.25) is 0 Å². The van der Waals surface area contributed by atoms with Crippen LogP contribution in [0.4, 0.5) is 10.2 Å². The van der Waals surface area contributed by atoms with Crippen LogP contribution < -0.4 is 20.7 Å². The van der Waals surface area contributed by atoms with Crippen molar-refractivity contribution < 1.29 is 17.6 Å². The topological polar surface area (TPSA) is 148 Å². The number of pyridine rings is 1. The van der Waals surface area contributed by atoms with Crippen molar-refractivity contribution in [3.63, 3.8) is 0 Å². The highest BCUT2D eigenvalue weighted by Gasteiger charge is 2.32. The second-order valence-electron chi connectivity index (χ2n) is 10.5. The van der Waals surface area contributed by atoms with Crippen molar-refractivity contribution in [1.82, 2.24) is 30.0 Å². The molecule has 4 N–H and O–H groups in total. The van der Waals surface area contributed by atoms with Crippen molar-refractivity contribution in [2.24, 2.45) is 12.8 Å². The van der Waals surface area contributed by atoms with Crippen molar-refractivity contribution in [1.29, 1.82) is 0 Å². The molecule has 0 spiro atoms. The van der Waals surface area contributed by atoms with Crippen molar-refractivity contribution in [2.75, 3.05) is 31.1 Å². The van der Waals surface area contributed by atoms with Crippen molar-refractivity contribution >= 4 is 43.2 Å². The predicted octanol–water partition coefficient (Wildman–Crippen LogP) is 3.53. The van der Waals surface area contributed by atoms with E-state index in [-0.39, 0.29) is 29.6 Å². The first-order chi connectivity index (χ1) is 21.2. The summed E-state index contributed by atoms with van der Waals surface area (Å²) in [6.07, 6.45) is 4.94. The van der Waals surface area contributed by atoms with Crippen LogP contribution in [0.5, 0.6) is 0 Å². The van der Waals surface area contributed by atoms with Gasteiger partial charge in [0.25, 0.3) is 5.91 Å². The average Bonchev–Trinajstić information content (AvgIpc) is 3.68. The summed E-state index contributed by atoms with van der Waals surface area (Å²) in [5, 5.41) is 12.1. The van der Waals surface area contributed by atoms with Crippen LogP contribution in [0.1, 0.15) is 23.2 Å². The van der Waals surface area contributed by atoms with Crippen molar-refractivity contribution in [3.05, 3.63) is 78.4 Å². The number of amides is 1. The lowest BCUT2D eigenvalue weighted by molar-refractivity contribution is 0.0968. The van der Waals surface area contributed by atoms with E-state index in [4.69, 9.17) is 5.73 Å². The van der Waals surface area contributed by atoms with Gasteiger partial charge in [0.1, 0.15) is 17.3 Å². The lowest BCUT2D eigenvalue weighted by Crippen LogP contribution is -2.49. The number of halogens is 1. The Kier molecular flexibility index (Phi) is 8.51. The second kappa shape index (κ2) is 12.5. The molecule has 3 aromatic heterocycles. The van der Waals surface area contributed by atoms with Crippen LogP contribution in [0.3, 0.4) is 0 Å². The first kappa shape index (κ1) is 30.0. The molecule has 1 amide bonds. The molecule has 1 saturated heterocycles. The number of carbonyl (C=O) groups is 1. The van der Waals surface area contributed by atoms with E-state index in [1.165, 1.54) is 28.2 Å². The van der Waals surface area contributed by atoms with Gasteiger partial charge in [-0.3, -0.25) is 14.4 Å². The Bertz CT molecular complexity index is 1920. The lowest BCUT2D eigenvalue weighted by atomic mass is 10.0. The number of nitrogens with one attached hydrogen (secondary N) is 2. The number of anilines is 1. The number of aromatic nitrogens is 4. The number of hydrogen-bond donors (Lipinski definition) is 3. The number of hydrogen-bond acceptors (Lipinski definition) is 9. The molecule has 44 heavy (non-hydrogen) atoms. The standard InChI is InChI=1S/C30H31FN8O3S2/c1-38-18-26(36-37-38)20-6-9-23(25(31)15-20)30(40)39(21-3-2-12-33-17-21)29-24-16-28(43-27(24)10-13-34-29)19-4-7-22(8-5-19)44(41,42)35-14-11-32/h4-10,13,15-16,18,21,33,35H,2-3,11-12,14,17,32H2,1H3/t21-/m1/s1. The second-order valence-corrected chi connectivity index (χ2v) is 13.4. The molecule has 4 heterocycles. The van der Waals surface area contributed by atoms with Gasteiger partial charge in [-0.05, 0) is 61.3 Å². The number of fused-ring (bicyclic) bond motifs is 1. The van der Waals surface area contributed by atoms with Gasteiger partial charge < -0.3 is 11.1 Å². The number of carbonyl (C=O) groups excluding carboxylic acids is 1. The molecule has 6 rings (SSSR count). The maximum Gasteiger partial charge on any atom is 0.262 e. The van der Waals surface area contributed by atoms with Crippen LogP contribution in [0, 0.1) is 5.82 Å². The smallest absolute Gasteiger partial charge is 0.262 e. The zero-order valence-electron chi connectivity index (χ0n) is 23.9. The number of aryl methyl sites for hydroxylation is 1. The summed E-state index contributed by atoms with van der Waals surface area (Å²) in [5.74, 6) is -0.679. The number of benzene rings is 2. The van der Waals surface area contributed by atoms with Gasteiger partial charge in [0, 0.05) is 53.4 Å². The zero-order chi connectivity index (χ0) is 30.8. The van der Waals surface area contributed by atoms with E-state index < -0.39 is 21.7 Å². The van der Waals surface area contributed by atoms with Gasteiger partial charge in [-0.2, -0.15) is 0 Å². The van der Waals surface area contributed by atoms with E-state index in [1.807, 2.05) is 12.1 Å². The Morgan fingerprint density at radius 3 is 2.66 bits per heavy atom. The molecule has 1 atom stereocenters. The summed E-state index contributed by atoms with van der Waals surface area (Å²) >= 11 is 1.50. The maximum atomic E-state index is 15.6. The SMILES string of the molecule is Cn1cc(-c2ccc(C(=O)N(c3nccc4sc(-c5ccc(S(=O)(=O)NCCN)cc5)cc34)[C@@H]3CCCNC3)c(F)c2)nn1. The van der Waals surface area contributed by atoms with Crippen LogP contribution in [0.25, 0.3) is 31.8 Å². The third kappa shape index (κ3) is 5.99. The first-order valence-corrected chi connectivity index (χ1v) is 16.4. The minimum atomic E-state index is -3.66. The fourth-order valence-corrected chi connectivity index (χ4v) is 7.41. The molecular formula is C30H31FN8O3S2. The molecule has 228 valence electrons. The maximum absolute atomic E-state index is 15.6. The number of sulfonamides is 1. The molecule has 0 aliphatic carbocycles. The van der Waals surface area contributed by atoms with E-state index in [2.05, 4.69) is 25.3 Å². The summed E-state index contributed by atoms with van der Waals surface area (Å²) in [5.41, 5.74) is 7.23. The third-order valence-corrected chi connectivity index (χ3v) is 10.1. The number of rotatable bonds is 9. The predicted molar refractivity (Wildman–Crippen MR) is 168 cm³/mol. The van der Waals surface area contributed by atoms with Gasteiger partial charge in [-0.25, -0.2) is 22.5 Å². The summed E-state index contributed by atoms with van der Waals surface area (Å²) < 4.78 is 45.5. The Morgan fingerprint density at radius 2 is 1.98 bits per heavy atom.